The molecule has 0 saturated heterocycles. The minimum Gasteiger partial charge on any atom is -0.310 e. The zero-order valence-corrected chi connectivity index (χ0v) is 73.9. The van der Waals surface area contributed by atoms with Gasteiger partial charge in [0.05, 0.1) is 52.6 Å². The smallest absolute Gasteiger partial charge is 0.252 e. The molecule has 22 aromatic carbocycles. The zero-order valence-electron chi connectivity index (χ0n) is 87.9. The Morgan fingerprint density at radius 2 is 0.579 bits per heavy atom. The van der Waals surface area contributed by atoms with Crippen molar-refractivity contribution in [2.75, 3.05) is 9.80 Å². The summed E-state index contributed by atoms with van der Waals surface area (Å²) < 4.78 is 145. The van der Waals surface area contributed by atoms with Crippen LogP contribution in [0.5, 0.6) is 0 Å². The highest BCUT2D eigenvalue weighted by Gasteiger charge is 2.47. The van der Waals surface area contributed by atoms with Gasteiger partial charge in [-0.1, -0.05) is 387 Å². The molecule has 4 nitrogen and oxygen atoms in total. The molecule has 0 unspecified atom stereocenters. The van der Waals surface area contributed by atoms with Gasteiger partial charge in [0.1, 0.15) is 0 Å². The Labute approximate surface area is 794 Å². The van der Waals surface area contributed by atoms with Gasteiger partial charge in [-0.15, -0.1) is 0 Å². The third-order valence-corrected chi connectivity index (χ3v) is 27.9. The maximum Gasteiger partial charge on any atom is 0.252 e. The van der Waals surface area contributed by atoms with Crippen molar-refractivity contribution in [3.63, 3.8) is 0 Å². The Bertz CT molecular complexity index is 9780. The third-order valence-electron chi connectivity index (χ3n) is 27.9. The van der Waals surface area contributed by atoms with E-state index in [9.17, 15) is 19.2 Å². The largest absolute Gasteiger partial charge is 0.310 e. The Morgan fingerprint density at radius 3 is 1.03 bits per heavy atom. The Morgan fingerprint density at radius 1 is 0.226 bits per heavy atom. The van der Waals surface area contributed by atoms with E-state index in [1.807, 2.05) is 78.9 Å². The van der Waals surface area contributed by atoms with Crippen LogP contribution >= 0.6 is 0 Å². The average Bonchev–Trinajstić information content (AvgIpc) is 1.67. The van der Waals surface area contributed by atoms with Gasteiger partial charge in [0.15, 0.2) is 0 Å². The summed E-state index contributed by atoms with van der Waals surface area (Å²) in [6, 6.07) is 119. The van der Waals surface area contributed by atoms with Crippen LogP contribution in [0.4, 0.5) is 34.1 Å². The second kappa shape index (κ2) is 30.1. The molecule has 0 saturated carbocycles. The Hall–Kier alpha value is -16.3. The van der Waals surface area contributed by atoms with Crippen LogP contribution in [0.25, 0.3) is 198 Å². The maximum atomic E-state index is 10.5. The van der Waals surface area contributed by atoms with Gasteiger partial charge in [0.2, 0.25) is 0 Å². The van der Waals surface area contributed by atoms with Gasteiger partial charge in [-0.05, 0) is 256 Å². The monoisotopic (exact) mass is 1710 g/mol. The number of para-hydroxylation sites is 3. The number of aromatic nitrogens is 2. The van der Waals surface area contributed by atoms with E-state index in [0.29, 0.717) is 33.9 Å². The van der Waals surface area contributed by atoms with Crippen LogP contribution in [0.15, 0.2) is 443 Å². The van der Waals surface area contributed by atoms with Crippen LogP contribution in [0.3, 0.4) is 0 Å². The molecule has 2 aromatic heterocycles. The quantitative estimate of drug-likeness (QED) is 0.0948. The highest BCUT2D eigenvalue weighted by molar-refractivity contribution is 7.00. The summed E-state index contributed by atoms with van der Waals surface area (Å²) in [7, 11) is 0. The summed E-state index contributed by atoms with van der Waals surface area (Å²) in [6.07, 6.45) is 0. The van der Waals surface area contributed by atoms with Crippen LogP contribution in [0.2, 0.25) is 0 Å². The molecule has 0 N–H and O–H groups in total. The fraction of sp³-hybridized carbons (Fsp3) is 0.0625. The molecular weight excluding hydrogens is 1600 g/mol. The minimum atomic E-state index is -0.831. The molecule has 2 aliphatic heterocycles. The second-order valence-corrected chi connectivity index (χ2v) is 37.5. The minimum absolute atomic E-state index is 0.0416. The number of anilines is 6. The van der Waals surface area contributed by atoms with Crippen molar-refractivity contribution in [3.8, 4) is 89.3 Å². The van der Waals surface area contributed by atoms with Gasteiger partial charge in [0.25, 0.3) is 6.71 Å². The molecule has 5 heteroatoms. The summed E-state index contributed by atoms with van der Waals surface area (Å²) in [5.74, 6) is 0. The van der Waals surface area contributed by atoms with Gasteiger partial charge in [-0.25, -0.2) is 0 Å². The molecule has 0 fully saturated rings. The standard InChI is InChI=1S/C128H91BN4/c1-127(2,3)88-74-107(84-46-32-45-83(70-84)80-36-10-7-11-37-80)126(111(75-88)110-73-87-44-18-21-49-94(87)99-52-24-27-55-102(99)110)133-119-79-91(131-115-63-31-29-57-106(115)123-96(59-35-65-117(123)131)82-40-14-9-15-41-82)67-69-113(119)129-112-68-66-90(130-114-62-30-28-56-105(114)122-95(58-34-64-116(122)130)81-38-12-8-13-39-81)78-118(112)132(120-76-89(128(4,5)6)77-121(133)124(120)129)125-103(108-71-85-42-16-19-47-92(85)97-50-22-25-53-100(97)108)60-33-61-104(125)109-72-86-43-17-20-48-93(86)98-51-23-26-54-101(98)109/h7-79H,1-6H3/i28D,29D,30D,31D,34D,35D,56D,57D,58D,59D,62D,63D,64D,65D. The first kappa shape index (κ1) is 64.4. The van der Waals surface area contributed by atoms with E-state index in [1.165, 1.54) is 0 Å². The molecule has 0 bridgehead atoms. The Balaban J connectivity index is 0.894. The molecule has 626 valence electrons. The summed E-state index contributed by atoms with van der Waals surface area (Å²) in [5.41, 5.74) is 19.1. The number of benzene rings is 22. The SMILES string of the molecule is [2H]c1c([2H])c([2H])c2c(c1[2H])c1c(-c3ccccc3)c([2H])c([2H])c([2H])c1n2-c1ccc2c(c1)N(c1c(-c3cccc(-c4ccccc4)c3)cc(C(C)(C)C)cc1-c1cc3ccccc3c3ccccc13)c1cc(C(C)(C)C)cc3c1B2c1ccc(-n2c4c([2H])c([2H])c([2H])c([2H])c4c4c(-c5ccccc5)c([2H])c([2H])c([2H])c42)cc1N3c1c(-c2cc3ccccc3c3ccccc23)cccc1-c1cc2ccccc2c2ccccc12. The van der Waals surface area contributed by atoms with Crippen LogP contribution in [0.1, 0.15) is 71.9 Å². The van der Waals surface area contributed by atoms with E-state index in [4.69, 9.17) is 0 Å². The third kappa shape index (κ3) is 12.2. The van der Waals surface area contributed by atoms with E-state index in [1.54, 1.807) is 9.13 Å². The topological polar surface area (TPSA) is 16.3 Å². The van der Waals surface area contributed by atoms with Crippen molar-refractivity contribution in [2.24, 2.45) is 0 Å². The van der Waals surface area contributed by atoms with Crippen molar-refractivity contribution in [2.45, 2.75) is 52.4 Å². The molecule has 0 radical (unpaired) electrons. The lowest BCUT2D eigenvalue weighted by molar-refractivity contribution is 0.590. The van der Waals surface area contributed by atoms with Crippen molar-refractivity contribution < 1.29 is 19.2 Å². The number of rotatable bonds is 11. The van der Waals surface area contributed by atoms with Crippen LogP contribution in [-0.4, -0.2) is 15.8 Å². The molecule has 133 heavy (non-hydrogen) atoms. The molecule has 0 aliphatic carbocycles. The predicted molar refractivity (Wildman–Crippen MR) is 570 cm³/mol. The maximum absolute atomic E-state index is 10.5. The number of nitrogens with zero attached hydrogens (tertiary/aromatic N) is 4. The fourth-order valence-electron chi connectivity index (χ4n) is 21.7. The zero-order chi connectivity index (χ0) is 101. The molecular formula is C128H91BN4. The van der Waals surface area contributed by atoms with Crippen LogP contribution in [0, 0.1) is 0 Å². The molecule has 2 aliphatic rings. The molecule has 4 heterocycles. The second-order valence-electron chi connectivity index (χ2n) is 37.5. The van der Waals surface area contributed by atoms with Crippen LogP contribution < -0.4 is 26.2 Å². The van der Waals surface area contributed by atoms with Gasteiger partial charge in [0, 0.05) is 77.9 Å². The lowest BCUT2D eigenvalue weighted by atomic mass is 9.33. The van der Waals surface area contributed by atoms with E-state index >= 15 is 0 Å². The first-order valence-corrected chi connectivity index (χ1v) is 45.6. The van der Waals surface area contributed by atoms with E-state index in [2.05, 4.69) is 330 Å². The van der Waals surface area contributed by atoms with Gasteiger partial charge >= 0.3 is 0 Å². The average molecular weight is 1710 g/mol. The fourth-order valence-corrected chi connectivity index (χ4v) is 21.7. The highest BCUT2D eigenvalue weighted by Crippen LogP contribution is 2.58. The highest BCUT2D eigenvalue weighted by atomic mass is 15.2. The van der Waals surface area contributed by atoms with Gasteiger partial charge in [-0.2, -0.15) is 0 Å². The Kier molecular flexibility index (Phi) is 14.6. The molecule has 26 rings (SSSR count). The number of hydrogen-bond acceptors (Lipinski definition) is 2. The number of hydrogen-bond donors (Lipinski definition) is 0. The van der Waals surface area contributed by atoms with Crippen molar-refractivity contribution in [1.82, 2.24) is 9.13 Å². The molecule has 0 atom stereocenters. The van der Waals surface area contributed by atoms with Crippen LogP contribution in [-0.2, 0) is 10.8 Å². The summed E-state index contributed by atoms with van der Waals surface area (Å²) >= 11 is 0. The van der Waals surface area contributed by atoms with Crippen molar-refractivity contribution in [3.05, 3.63) is 454 Å². The van der Waals surface area contributed by atoms with Crippen molar-refractivity contribution >= 4 is 165 Å². The summed E-state index contributed by atoms with van der Waals surface area (Å²) in [4.78, 5) is 4.94. The van der Waals surface area contributed by atoms with Gasteiger partial charge < -0.3 is 18.9 Å². The lowest BCUT2D eigenvalue weighted by Gasteiger charge is -2.46. The predicted octanol–water partition coefficient (Wildman–Crippen LogP) is 33.1. The van der Waals surface area contributed by atoms with E-state index in [-0.39, 0.29) is 91.0 Å². The molecule has 0 amide bonds. The first-order chi connectivity index (χ1) is 71.1. The first-order valence-electron chi connectivity index (χ1n) is 52.6. The summed E-state index contributed by atoms with van der Waals surface area (Å²) in [5, 5.41) is 12.9. The van der Waals surface area contributed by atoms with Crippen molar-refractivity contribution in [1.29, 1.82) is 0 Å². The lowest BCUT2D eigenvalue weighted by Crippen LogP contribution is -2.61. The summed E-state index contributed by atoms with van der Waals surface area (Å²) in [6.45, 7) is 12.7. The number of fused-ring (bicyclic) bond motifs is 19. The van der Waals surface area contributed by atoms with Gasteiger partial charge in [-0.3, -0.25) is 0 Å². The van der Waals surface area contributed by atoms with E-state index < -0.39 is 65.9 Å². The van der Waals surface area contributed by atoms with E-state index in [0.717, 1.165) is 171 Å². The normalized spacial score (nSPS) is 14.2. The molecule has 0 spiro atoms. The molecule has 24 aromatic rings.